The van der Waals surface area contributed by atoms with Gasteiger partial charge in [-0.05, 0) is 82.0 Å². The van der Waals surface area contributed by atoms with Crippen LogP contribution in [0.1, 0.15) is 33.4 Å². The van der Waals surface area contributed by atoms with Gasteiger partial charge in [0.15, 0.2) is 17.5 Å². The van der Waals surface area contributed by atoms with E-state index in [1.54, 1.807) is 0 Å². The second-order valence-corrected chi connectivity index (χ2v) is 8.23. The fourth-order valence-electron chi connectivity index (χ4n) is 3.73. The predicted molar refractivity (Wildman–Crippen MR) is 125 cm³/mol. The van der Waals surface area contributed by atoms with E-state index in [0.29, 0.717) is 17.5 Å². The quantitative estimate of drug-likeness (QED) is 0.388. The third-order valence-corrected chi connectivity index (χ3v) is 5.73. The molecule has 0 radical (unpaired) electrons. The van der Waals surface area contributed by atoms with Crippen molar-refractivity contribution in [2.45, 2.75) is 41.5 Å². The van der Waals surface area contributed by atoms with Crippen molar-refractivity contribution < 1.29 is 0 Å². The third-order valence-electron chi connectivity index (χ3n) is 5.73. The topological polar surface area (TPSA) is 38.7 Å². The van der Waals surface area contributed by atoms with Gasteiger partial charge in [-0.15, -0.1) is 0 Å². The summed E-state index contributed by atoms with van der Waals surface area (Å²) in [5, 5.41) is 0. The number of hydrogen-bond donors (Lipinski definition) is 0. The molecule has 0 unspecified atom stereocenters. The Balaban J connectivity index is 1.98. The van der Waals surface area contributed by atoms with E-state index in [4.69, 9.17) is 15.0 Å². The zero-order chi connectivity index (χ0) is 21.4. The normalized spacial score (nSPS) is 11.0. The second kappa shape index (κ2) is 7.83. The Bertz CT molecular complexity index is 1230. The molecule has 0 aliphatic heterocycles. The lowest BCUT2D eigenvalue weighted by Crippen LogP contribution is -2.02. The lowest BCUT2D eigenvalue weighted by atomic mass is 10.0. The van der Waals surface area contributed by atoms with Gasteiger partial charge in [0.2, 0.25) is 0 Å². The molecule has 0 amide bonds. The molecule has 0 spiro atoms. The zero-order valence-electron chi connectivity index (χ0n) is 18.5. The van der Waals surface area contributed by atoms with Gasteiger partial charge in [0.1, 0.15) is 0 Å². The third kappa shape index (κ3) is 3.88. The fraction of sp³-hybridized carbons (Fsp3) is 0.222. The SMILES string of the molecule is Cc1cc(C)cc(-c2nc(-c3ccc(C)c(C)c3)nc(-c3cccc(C)c3C)n2)c1. The van der Waals surface area contributed by atoms with E-state index in [9.17, 15) is 0 Å². The standard InChI is InChI=1S/C27H27N3/c1-16-12-17(2)14-23(13-16)26-28-25(22-11-10-18(3)20(5)15-22)29-27(30-26)24-9-7-8-19(4)21(24)6/h7-15H,1-6H3. The number of nitrogens with zero attached hydrogens (tertiary/aromatic N) is 3. The molecule has 150 valence electrons. The highest BCUT2D eigenvalue weighted by molar-refractivity contribution is 5.69. The van der Waals surface area contributed by atoms with Crippen molar-refractivity contribution in [3.05, 3.63) is 88.0 Å². The van der Waals surface area contributed by atoms with E-state index in [-0.39, 0.29) is 0 Å². The van der Waals surface area contributed by atoms with Gasteiger partial charge in [-0.25, -0.2) is 15.0 Å². The van der Waals surface area contributed by atoms with Crippen LogP contribution in [0, 0.1) is 41.5 Å². The number of benzene rings is 3. The van der Waals surface area contributed by atoms with Gasteiger partial charge in [-0.2, -0.15) is 0 Å². The molecule has 4 rings (SSSR count). The molecule has 3 heteroatoms. The maximum absolute atomic E-state index is 4.90. The highest BCUT2D eigenvalue weighted by atomic mass is 15.0. The minimum absolute atomic E-state index is 0.707. The van der Waals surface area contributed by atoms with Crippen LogP contribution >= 0.6 is 0 Å². The summed E-state index contributed by atoms with van der Waals surface area (Å²) in [4.78, 5) is 14.7. The summed E-state index contributed by atoms with van der Waals surface area (Å²) in [5.74, 6) is 2.13. The summed E-state index contributed by atoms with van der Waals surface area (Å²) in [6, 6.07) is 19.1. The molecule has 3 nitrogen and oxygen atoms in total. The molecule has 4 aromatic rings. The molecule has 30 heavy (non-hydrogen) atoms. The van der Waals surface area contributed by atoms with Crippen LogP contribution < -0.4 is 0 Å². The van der Waals surface area contributed by atoms with Gasteiger partial charge in [0.05, 0.1) is 0 Å². The maximum Gasteiger partial charge on any atom is 0.164 e. The van der Waals surface area contributed by atoms with Gasteiger partial charge in [0, 0.05) is 16.7 Å². The summed E-state index contributed by atoms with van der Waals surface area (Å²) >= 11 is 0. The maximum atomic E-state index is 4.90. The minimum atomic E-state index is 0.707. The van der Waals surface area contributed by atoms with E-state index in [2.05, 4.69) is 96.1 Å². The average Bonchev–Trinajstić information content (AvgIpc) is 2.71. The van der Waals surface area contributed by atoms with Crippen molar-refractivity contribution in [3.63, 3.8) is 0 Å². The summed E-state index contributed by atoms with van der Waals surface area (Å²) in [7, 11) is 0. The van der Waals surface area contributed by atoms with E-state index in [1.165, 1.54) is 33.4 Å². The lowest BCUT2D eigenvalue weighted by molar-refractivity contribution is 1.07. The van der Waals surface area contributed by atoms with E-state index in [1.807, 2.05) is 0 Å². The molecule has 0 atom stereocenters. The van der Waals surface area contributed by atoms with Crippen molar-refractivity contribution in [1.29, 1.82) is 0 Å². The van der Waals surface area contributed by atoms with Crippen molar-refractivity contribution in [1.82, 2.24) is 15.0 Å². The van der Waals surface area contributed by atoms with Crippen LogP contribution in [0.15, 0.2) is 54.6 Å². The first kappa shape index (κ1) is 20.0. The number of aromatic nitrogens is 3. The molecular formula is C27H27N3. The molecule has 0 saturated heterocycles. The minimum Gasteiger partial charge on any atom is -0.208 e. The largest absolute Gasteiger partial charge is 0.208 e. The second-order valence-electron chi connectivity index (χ2n) is 8.23. The molecule has 0 fully saturated rings. The van der Waals surface area contributed by atoms with Crippen LogP contribution in [0.4, 0.5) is 0 Å². The van der Waals surface area contributed by atoms with Gasteiger partial charge in [0.25, 0.3) is 0 Å². The zero-order valence-corrected chi connectivity index (χ0v) is 18.5. The molecule has 0 N–H and O–H groups in total. The van der Waals surface area contributed by atoms with Gasteiger partial charge in [-0.3, -0.25) is 0 Å². The van der Waals surface area contributed by atoms with Crippen molar-refractivity contribution >= 4 is 0 Å². The van der Waals surface area contributed by atoms with E-state index < -0.39 is 0 Å². The van der Waals surface area contributed by atoms with Crippen molar-refractivity contribution in [2.24, 2.45) is 0 Å². The van der Waals surface area contributed by atoms with Gasteiger partial charge >= 0.3 is 0 Å². The molecule has 0 bridgehead atoms. The predicted octanol–water partition coefficient (Wildman–Crippen LogP) is 6.72. The first-order valence-electron chi connectivity index (χ1n) is 10.3. The van der Waals surface area contributed by atoms with Gasteiger partial charge < -0.3 is 0 Å². The first-order chi connectivity index (χ1) is 14.3. The molecule has 0 saturated carbocycles. The molecular weight excluding hydrogens is 366 g/mol. The Kier molecular flexibility index (Phi) is 5.21. The van der Waals surface area contributed by atoms with Gasteiger partial charge in [-0.1, -0.05) is 47.5 Å². The molecule has 1 heterocycles. The highest BCUT2D eigenvalue weighted by Crippen LogP contribution is 2.29. The Morgan fingerprint density at radius 2 is 1.13 bits per heavy atom. The average molecular weight is 394 g/mol. The molecule has 0 aliphatic rings. The van der Waals surface area contributed by atoms with Crippen LogP contribution in [0.2, 0.25) is 0 Å². The first-order valence-corrected chi connectivity index (χ1v) is 10.3. The van der Waals surface area contributed by atoms with Crippen LogP contribution in [-0.2, 0) is 0 Å². The summed E-state index contributed by atoms with van der Waals surface area (Å²) < 4.78 is 0. The van der Waals surface area contributed by atoms with Crippen LogP contribution in [0.25, 0.3) is 34.2 Å². The summed E-state index contributed by atoms with van der Waals surface area (Å²) in [6.07, 6.45) is 0. The number of rotatable bonds is 3. The Hall–Kier alpha value is -3.33. The Morgan fingerprint density at radius 1 is 0.500 bits per heavy atom. The molecule has 3 aromatic carbocycles. The summed E-state index contributed by atoms with van der Waals surface area (Å²) in [5.41, 5.74) is 10.4. The smallest absolute Gasteiger partial charge is 0.164 e. The van der Waals surface area contributed by atoms with Crippen molar-refractivity contribution in [2.75, 3.05) is 0 Å². The Labute approximate surface area is 178 Å². The number of hydrogen-bond acceptors (Lipinski definition) is 3. The Morgan fingerprint density at radius 3 is 1.80 bits per heavy atom. The molecule has 0 aliphatic carbocycles. The van der Waals surface area contributed by atoms with Crippen LogP contribution in [-0.4, -0.2) is 15.0 Å². The monoisotopic (exact) mass is 393 g/mol. The van der Waals surface area contributed by atoms with E-state index in [0.717, 1.165) is 16.7 Å². The molecule has 1 aromatic heterocycles. The lowest BCUT2D eigenvalue weighted by Gasteiger charge is -2.12. The van der Waals surface area contributed by atoms with Crippen LogP contribution in [0.5, 0.6) is 0 Å². The van der Waals surface area contributed by atoms with E-state index >= 15 is 0 Å². The summed E-state index contributed by atoms with van der Waals surface area (Å²) in [6.45, 7) is 12.7. The fourth-order valence-corrected chi connectivity index (χ4v) is 3.73. The highest BCUT2D eigenvalue weighted by Gasteiger charge is 2.15. The number of aryl methyl sites for hydroxylation is 5. The van der Waals surface area contributed by atoms with Crippen LogP contribution in [0.3, 0.4) is 0 Å². The van der Waals surface area contributed by atoms with Crippen molar-refractivity contribution in [3.8, 4) is 34.2 Å².